The van der Waals surface area contributed by atoms with Crippen molar-refractivity contribution in [3.05, 3.63) is 23.5 Å². The normalized spacial score (nSPS) is 15.8. The number of hydrogen-bond acceptors (Lipinski definition) is 1. The third-order valence-electron chi connectivity index (χ3n) is 2.34. The maximum atomic E-state index is 11.6. The highest BCUT2D eigenvalue weighted by atomic mass is 16.1. The summed E-state index contributed by atoms with van der Waals surface area (Å²) >= 11 is 0. The molecule has 0 aliphatic heterocycles. The van der Waals surface area contributed by atoms with Crippen molar-refractivity contribution in [2.24, 2.45) is 0 Å². The van der Waals surface area contributed by atoms with E-state index in [2.05, 4.69) is 10.3 Å². The van der Waals surface area contributed by atoms with Gasteiger partial charge in [0.2, 0.25) is 0 Å². The molecule has 0 aromatic carbocycles. The summed E-state index contributed by atoms with van der Waals surface area (Å²) in [5, 5.41) is 2.97. The van der Waals surface area contributed by atoms with Crippen LogP contribution in [0.2, 0.25) is 0 Å². The molecule has 1 saturated carbocycles. The van der Waals surface area contributed by atoms with Crippen LogP contribution >= 0.6 is 0 Å². The number of aromatic nitrogens is 1. The Labute approximate surface area is 77.5 Å². The Bertz CT molecular complexity index is 312. The fourth-order valence-electron chi connectivity index (χ4n) is 1.40. The number of aromatic amines is 1. The van der Waals surface area contributed by atoms with Gasteiger partial charge in [-0.2, -0.15) is 0 Å². The molecule has 1 heterocycles. The number of carbonyl (C=O) groups excluding carboxylic acids is 1. The van der Waals surface area contributed by atoms with Gasteiger partial charge >= 0.3 is 0 Å². The van der Waals surface area contributed by atoms with Crippen LogP contribution in [-0.2, 0) is 6.42 Å². The van der Waals surface area contributed by atoms with Crippen molar-refractivity contribution in [3.8, 4) is 0 Å². The topological polar surface area (TPSA) is 44.9 Å². The molecular formula is C10H14N2O. The molecule has 2 N–H and O–H groups in total. The summed E-state index contributed by atoms with van der Waals surface area (Å²) in [6, 6.07) is 2.28. The lowest BCUT2D eigenvalue weighted by Crippen LogP contribution is -2.25. The Morgan fingerprint density at radius 2 is 2.46 bits per heavy atom. The largest absolute Gasteiger partial charge is 0.364 e. The molecule has 0 radical (unpaired) electrons. The zero-order valence-electron chi connectivity index (χ0n) is 7.76. The van der Waals surface area contributed by atoms with Gasteiger partial charge in [-0.25, -0.2) is 0 Å². The molecule has 0 saturated heterocycles. The highest BCUT2D eigenvalue weighted by Crippen LogP contribution is 2.19. The second kappa shape index (κ2) is 3.24. The van der Waals surface area contributed by atoms with E-state index in [-0.39, 0.29) is 5.91 Å². The third-order valence-corrected chi connectivity index (χ3v) is 2.34. The lowest BCUT2D eigenvalue weighted by atomic mass is 10.2. The van der Waals surface area contributed by atoms with Crippen molar-refractivity contribution in [2.75, 3.05) is 0 Å². The summed E-state index contributed by atoms with van der Waals surface area (Å²) in [6.07, 6.45) is 4.97. The SMILES string of the molecule is CCc1[nH]ccc1C(=O)NC1CC1. The van der Waals surface area contributed by atoms with E-state index < -0.39 is 0 Å². The molecule has 2 rings (SSSR count). The molecule has 1 aliphatic rings. The summed E-state index contributed by atoms with van der Waals surface area (Å²) in [4.78, 5) is 14.7. The van der Waals surface area contributed by atoms with Gasteiger partial charge in [0.05, 0.1) is 5.56 Å². The molecule has 0 unspecified atom stereocenters. The highest BCUT2D eigenvalue weighted by Gasteiger charge is 2.24. The van der Waals surface area contributed by atoms with E-state index in [0.717, 1.165) is 30.5 Å². The maximum Gasteiger partial charge on any atom is 0.253 e. The van der Waals surface area contributed by atoms with Crippen LogP contribution in [0.5, 0.6) is 0 Å². The minimum absolute atomic E-state index is 0.0700. The molecule has 0 spiro atoms. The summed E-state index contributed by atoms with van der Waals surface area (Å²) in [7, 11) is 0. The molecule has 0 bridgehead atoms. The van der Waals surface area contributed by atoms with Crippen molar-refractivity contribution in [1.29, 1.82) is 0 Å². The van der Waals surface area contributed by atoms with E-state index in [4.69, 9.17) is 0 Å². The number of rotatable bonds is 3. The van der Waals surface area contributed by atoms with Crippen LogP contribution in [0.15, 0.2) is 12.3 Å². The van der Waals surface area contributed by atoms with Gasteiger partial charge in [-0.05, 0) is 25.3 Å². The second-order valence-corrected chi connectivity index (χ2v) is 3.47. The van der Waals surface area contributed by atoms with Crippen LogP contribution in [0.4, 0.5) is 0 Å². The molecule has 1 aromatic rings. The van der Waals surface area contributed by atoms with Gasteiger partial charge in [0, 0.05) is 17.9 Å². The summed E-state index contributed by atoms with van der Waals surface area (Å²) < 4.78 is 0. The summed E-state index contributed by atoms with van der Waals surface area (Å²) in [5.41, 5.74) is 1.83. The van der Waals surface area contributed by atoms with E-state index in [0.29, 0.717) is 6.04 Å². The predicted octanol–water partition coefficient (Wildman–Crippen LogP) is 1.47. The second-order valence-electron chi connectivity index (χ2n) is 3.47. The van der Waals surface area contributed by atoms with Crippen LogP contribution < -0.4 is 5.32 Å². The smallest absolute Gasteiger partial charge is 0.253 e. The monoisotopic (exact) mass is 178 g/mol. The van der Waals surface area contributed by atoms with E-state index in [1.807, 2.05) is 19.2 Å². The third kappa shape index (κ3) is 1.74. The average Bonchev–Trinajstić information content (AvgIpc) is 2.82. The van der Waals surface area contributed by atoms with Gasteiger partial charge in [0.1, 0.15) is 0 Å². The van der Waals surface area contributed by atoms with Crippen LogP contribution in [-0.4, -0.2) is 16.9 Å². The van der Waals surface area contributed by atoms with Crippen LogP contribution in [0.3, 0.4) is 0 Å². The molecule has 1 amide bonds. The van der Waals surface area contributed by atoms with Crippen molar-refractivity contribution < 1.29 is 4.79 Å². The number of H-pyrrole nitrogens is 1. The zero-order valence-corrected chi connectivity index (χ0v) is 7.76. The Kier molecular flexibility index (Phi) is 2.08. The van der Waals surface area contributed by atoms with Crippen LogP contribution in [0.25, 0.3) is 0 Å². The molecule has 0 atom stereocenters. The molecule has 3 heteroatoms. The van der Waals surface area contributed by atoms with E-state index in [9.17, 15) is 4.79 Å². The molecule has 3 nitrogen and oxygen atoms in total. The van der Waals surface area contributed by atoms with Crippen molar-refractivity contribution in [2.45, 2.75) is 32.2 Å². The first-order chi connectivity index (χ1) is 6.31. The fourth-order valence-corrected chi connectivity index (χ4v) is 1.40. The number of amides is 1. The zero-order chi connectivity index (χ0) is 9.26. The number of nitrogens with one attached hydrogen (secondary N) is 2. The molecule has 1 aliphatic carbocycles. The Morgan fingerprint density at radius 3 is 3.08 bits per heavy atom. The molecule has 1 fully saturated rings. The minimum atomic E-state index is 0.0700. The van der Waals surface area contributed by atoms with Gasteiger partial charge in [0.25, 0.3) is 5.91 Å². The number of hydrogen-bond donors (Lipinski definition) is 2. The Hall–Kier alpha value is -1.25. The Balaban J connectivity index is 2.08. The quantitative estimate of drug-likeness (QED) is 0.723. The number of carbonyl (C=O) groups is 1. The minimum Gasteiger partial charge on any atom is -0.364 e. The van der Waals surface area contributed by atoms with Crippen LogP contribution in [0.1, 0.15) is 35.8 Å². The van der Waals surface area contributed by atoms with E-state index in [1.165, 1.54) is 0 Å². The number of aryl methyl sites for hydroxylation is 1. The highest BCUT2D eigenvalue weighted by molar-refractivity contribution is 5.95. The lowest BCUT2D eigenvalue weighted by Gasteiger charge is -2.02. The average molecular weight is 178 g/mol. The van der Waals surface area contributed by atoms with Gasteiger partial charge in [0.15, 0.2) is 0 Å². The standard InChI is InChI=1S/C10H14N2O/c1-2-9-8(5-6-11-9)10(13)12-7-3-4-7/h5-7,11H,2-4H2,1H3,(H,12,13). The molecule has 1 aromatic heterocycles. The first kappa shape index (κ1) is 8.35. The lowest BCUT2D eigenvalue weighted by molar-refractivity contribution is 0.0950. The van der Waals surface area contributed by atoms with Gasteiger partial charge in [-0.1, -0.05) is 6.92 Å². The molecular weight excluding hydrogens is 164 g/mol. The maximum absolute atomic E-state index is 11.6. The predicted molar refractivity (Wildman–Crippen MR) is 50.7 cm³/mol. The van der Waals surface area contributed by atoms with Gasteiger partial charge in [-0.15, -0.1) is 0 Å². The first-order valence-electron chi connectivity index (χ1n) is 4.78. The fraction of sp³-hybridized carbons (Fsp3) is 0.500. The van der Waals surface area contributed by atoms with Crippen LogP contribution in [0, 0.1) is 0 Å². The Morgan fingerprint density at radius 1 is 1.69 bits per heavy atom. The van der Waals surface area contributed by atoms with Crippen molar-refractivity contribution >= 4 is 5.91 Å². The summed E-state index contributed by atoms with van der Waals surface area (Å²) in [6.45, 7) is 2.04. The van der Waals surface area contributed by atoms with E-state index in [1.54, 1.807) is 0 Å². The van der Waals surface area contributed by atoms with Gasteiger partial charge in [-0.3, -0.25) is 4.79 Å². The van der Waals surface area contributed by atoms with E-state index >= 15 is 0 Å². The molecule has 13 heavy (non-hydrogen) atoms. The van der Waals surface area contributed by atoms with Gasteiger partial charge < -0.3 is 10.3 Å². The summed E-state index contributed by atoms with van der Waals surface area (Å²) in [5.74, 6) is 0.0700. The first-order valence-corrected chi connectivity index (χ1v) is 4.78. The molecule has 70 valence electrons. The van der Waals surface area contributed by atoms with Crippen molar-refractivity contribution in [3.63, 3.8) is 0 Å². The van der Waals surface area contributed by atoms with Crippen molar-refractivity contribution in [1.82, 2.24) is 10.3 Å².